The van der Waals surface area contributed by atoms with Gasteiger partial charge in [0.15, 0.2) is 6.61 Å². The third-order valence-corrected chi connectivity index (χ3v) is 5.97. The maximum Gasteiger partial charge on any atom is 0.336 e. The Balaban J connectivity index is 1.20. The maximum atomic E-state index is 12.5. The molecule has 0 spiro atoms. The second-order valence-corrected chi connectivity index (χ2v) is 8.25. The van der Waals surface area contributed by atoms with E-state index in [0.29, 0.717) is 16.9 Å². The third kappa shape index (κ3) is 4.19. The number of H-pyrrole nitrogens is 1. The molecule has 0 saturated carbocycles. The fourth-order valence-corrected chi connectivity index (χ4v) is 4.33. The van der Waals surface area contributed by atoms with E-state index in [1.54, 1.807) is 24.3 Å². The van der Waals surface area contributed by atoms with E-state index in [1.807, 2.05) is 19.1 Å². The molecule has 0 atom stereocenters. The molecule has 0 aliphatic heterocycles. The molecule has 2 heterocycles. The van der Waals surface area contributed by atoms with Crippen LogP contribution in [0.2, 0.25) is 0 Å². The van der Waals surface area contributed by atoms with Crippen LogP contribution in [0.15, 0.2) is 51.7 Å². The van der Waals surface area contributed by atoms with E-state index in [9.17, 15) is 14.4 Å². The van der Waals surface area contributed by atoms with Crippen molar-refractivity contribution in [2.75, 3.05) is 6.61 Å². The van der Waals surface area contributed by atoms with Gasteiger partial charge in [0, 0.05) is 39.7 Å². The number of fused-ring (bicyclic) bond motifs is 4. The molecule has 0 radical (unpaired) electrons. The molecule has 2 amide bonds. The first kappa shape index (κ1) is 20.8. The lowest BCUT2D eigenvalue weighted by molar-refractivity contribution is -0.123. The Labute approximate surface area is 188 Å². The molecule has 0 bridgehead atoms. The lowest BCUT2D eigenvalue weighted by Gasteiger charge is -2.11. The summed E-state index contributed by atoms with van der Waals surface area (Å²) in [4.78, 5) is 39.7. The number of aromatic amines is 1. The van der Waals surface area contributed by atoms with Gasteiger partial charge in [-0.15, -0.1) is 0 Å². The summed E-state index contributed by atoms with van der Waals surface area (Å²) in [7, 11) is 0. The molecule has 1 aliphatic rings. The number of rotatable bonds is 4. The molecule has 5 rings (SSSR count). The van der Waals surface area contributed by atoms with Crippen LogP contribution in [-0.4, -0.2) is 23.4 Å². The van der Waals surface area contributed by atoms with Crippen LogP contribution in [0.5, 0.6) is 5.75 Å². The van der Waals surface area contributed by atoms with Crippen molar-refractivity contribution in [1.82, 2.24) is 15.8 Å². The average molecular weight is 445 g/mol. The fraction of sp³-hybridized carbons (Fsp3) is 0.240. The monoisotopic (exact) mass is 445 g/mol. The minimum atomic E-state index is -0.519. The molecule has 33 heavy (non-hydrogen) atoms. The van der Waals surface area contributed by atoms with E-state index in [1.165, 1.54) is 23.7 Å². The van der Waals surface area contributed by atoms with Crippen molar-refractivity contribution >= 4 is 33.7 Å². The molecule has 0 unspecified atom stereocenters. The van der Waals surface area contributed by atoms with E-state index in [-0.39, 0.29) is 6.61 Å². The van der Waals surface area contributed by atoms with Crippen molar-refractivity contribution in [1.29, 1.82) is 0 Å². The molecule has 8 nitrogen and oxygen atoms in total. The van der Waals surface area contributed by atoms with Crippen molar-refractivity contribution in [3.8, 4) is 5.75 Å². The lowest BCUT2D eigenvalue weighted by Crippen LogP contribution is -2.43. The number of hydrazine groups is 1. The number of hydrogen-bond donors (Lipinski definition) is 3. The first-order chi connectivity index (χ1) is 16.0. The first-order valence-corrected chi connectivity index (χ1v) is 10.9. The topological polar surface area (TPSA) is 113 Å². The predicted molar refractivity (Wildman–Crippen MR) is 123 cm³/mol. The summed E-state index contributed by atoms with van der Waals surface area (Å²) in [5, 5.41) is 1.85. The molecule has 0 fully saturated rings. The molecular formula is C25H23N3O5. The summed E-state index contributed by atoms with van der Waals surface area (Å²) < 4.78 is 10.7. The molecule has 1 aliphatic carbocycles. The van der Waals surface area contributed by atoms with Gasteiger partial charge in [-0.25, -0.2) is 4.79 Å². The zero-order valence-corrected chi connectivity index (χ0v) is 18.1. The van der Waals surface area contributed by atoms with Gasteiger partial charge < -0.3 is 14.1 Å². The summed E-state index contributed by atoms with van der Waals surface area (Å²) in [5.74, 6) is -0.548. The quantitative estimate of drug-likeness (QED) is 0.330. The summed E-state index contributed by atoms with van der Waals surface area (Å²) in [6.07, 6.45) is 4.36. The Morgan fingerprint density at radius 1 is 1.03 bits per heavy atom. The zero-order valence-electron chi connectivity index (χ0n) is 18.1. The van der Waals surface area contributed by atoms with Gasteiger partial charge in [-0.3, -0.25) is 20.4 Å². The van der Waals surface area contributed by atoms with E-state index in [4.69, 9.17) is 9.15 Å². The van der Waals surface area contributed by atoms with Crippen LogP contribution >= 0.6 is 0 Å². The van der Waals surface area contributed by atoms with Gasteiger partial charge in [0.2, 0.25) is 0 Å². The van der Waals surface area contributed by atoms with E-state index >= 15 is 0 Å². The van der Waals surface area contributed by atoms with Gasteiger partial charge in [0.25, 0.3) is 11.8 Å². The SMILES string of the molecule is Cc1cc(=O)oc2cc(OCC(=O)NNC(=O)c3ccc4[nH]c5c(c4c3)CCCC5)ccc12. The normalized spacial score (nSPS) is 13.0. The molecule has 8 heteroatoms. The van der Waals surface area contributed by atoms with Crippen LogP contribution in [-0.2, 0) is 17.6 Å². The lowest BCUT2D eigenvalue weighted by atomic mass is 9.95. The van der Waals surface area contributed by atoms with Crippen LogP contribution < -0.4 is 21.2 Å². The van der Waals surface area contributed by atoms with Gasteiger partial charge >= 0.3 is 5.63 Å². The van der Waals surface area contributed by atoms with E-state index in [0.717, 1.165) is 41.1 Å². The third-order valence-electron chi connectivity index (χ3n) is 5.97. The minimum absolute atomic E-state index is 0.313. The van der Waals surface area contributed by atoms with Crippen molar-refractivity contribution in [3.63, 3.8) is 0 Å². The molecule has 0 saturated heterocycles. The molecule has 4 aromatic rings. The van der Waals surface area contributed by atoms with Crippen molar-refractivity contribution in [2.24, 2.45) is 0 Å². The van der Waals surface area contributed by atoms with Crippen LogP contribution in [0.4, 0.5) is 0 Å². The second kappa shape index (κ2) is 8.46. The highest BCUT2D eigenvalue weighted by atomic mass is 16.5. The fourth-order valence-electron chi connectivity index (χ4n) is 4.33. The van der Waals surface area contributed by atoms with Crippen molar-refractivity contribution in [2.45, 2.75) is 32.6 Å². The van der Waals surface area contributed by atoms with Crippen molar-refractivity contribution in [3.05, 3.63) is 75.3 Å². The van der Waals surface area contributed by atoms with Gasteiger partial charge in [-0.05, 0) is 74.1 Å². The number of aryl methyl sites for hydroxylation is 3. The highest BCUT2D eigenvalue weighted by molar-refractivity contribution is 5.99. The summed E-state index contributed by atoms with van der Waals surface area (Å²) in [6.45, 7) is 1.50. The summed E-state index contributed by atoms with van der Waals surface area (Å²) >= 11 is 0. The summed E-state index contributed by atoms with van der Waals surface area (Å²) in [5.41, 5.74) is 9.55. The van der Waals surface area contributed by atoms with E-state index < -0.39 is 17.4 Å². The number of hydrogen-bond acceptors (Lipinski definition) is 5. The number of amides is 2. The number of ether oxygens (including phenoxy) is 1. The Kier molecular flexibility index (Phi) is 5.34. The number of carbonyl (C=O) groups excluding carboxylic acids is 2. The highest BCUT2D eigenvalue weighted by Crippen LogP contribution is 2.29. The maximum absolute atomic E-state index is 12.5. The standard InChI is InChI=1S/C25H23N3O5/c1-14-10-24(30)33-22-12-16(7-8-17(14)22)32-13-23(29)27-28-25(31)15-6-9-21-19(11-15)18-4-2-3-5-20(18)26-21/h6-12,26H,2-5,13H2,1H3,(H,27,29)(H,28,31). The molecular weight excluding hydrogens is 422 g/mol. The Morgan fingerprint density at radius 2 is 1.88 bits per heavy atom. The molecule has 168 valence electrons. The molecule has 2 aromatic carbocycles. The number of nitrogens with one attached hydrogen (secondary N) is 3. The Bertz CT molecular complexity index is 1450. The molecule has 2 aromatic heterocycles. The number of carbonyl (C=O) groups is 2. The van der Waals surface area contributed by atoms with Gasteiger partial charge in [-0.1, -0.05) is 0 Å². The largest absolute Gasteiger partial charge is 0.484 e. The smallest absolute Gasteiger partial charge is 0.336 e. The van der Waals surface area contributed by atoms with Gasteiger partial charge in [0.05, 0.1) is 0 Å². The minimum Gasteiger partial charge on any atom is -0.484 e. The summed E-state index contributed by atoms with van der Waals surface area (Å²) in [6, 6.07) is 11.9. The van der Waals surface area contributed by atoms with Crippen LogP contribution in [0, 0.1) is 6.92 Å². The first-order valence-electron chi connectivity index (χ1n) is 10.9. The van der Waals surface area contributed by atoms with Crippen LogP contribution in [0.1, 0.15) is 40.0 Å². The van der Waals surface area contributed by atoms with Crippen LogP contribution in [0.3, 0.4) is 0 Å². The number of aromatic nitrogens is 1. The molecule has 3 N–H and O–H groups in total. The Hall–Kier alpha value is -4.07. The van der Waals surface area contributed by atoms with Crippen molar-refractivity contribution < 1.29 is 18.7 Å². The highest BCUT2D eigenvalue weighted by Gasteiger charge is 2.17. The second-order valence-electron chi connectivity index (χ2n) is 8.25. The predicted octanol–water partition coefficient (Wildman–Crippen LogP) is 3.30. The van der Waals surface area contributed by atoms with Gasteiger partial charge in [0.1, 0.15) is 11.3 Å². The van der Waals surface area contributed by atoms with Gasteiger partial charge in [-0.2, -0.15) is 0 Å². The van der Waals surface area contributed by atoms with Crippen LogP contribution in [0.25, 0.3) is 21.9 Å². The average Bonchev–Trinajstić information content (AvgIpc) is 3.18. The Morgan fingerprint density at radius 3 is 2.76 bits per heavy atom. The van der Waals surface area contributed by atoms with E-state index in [2.05, 4.69) is 15.8 Å². The zero-order chi connectivity index (χ0) is 22.9. The number of benzene rings is 2.